The monoisotopic (exact) mass is 463 g/mol. The second-order valence-electron chi connectivity index (χ2n) is 5.85. The van der Waals surface area contributed by atoms with E-state index in [9.17, 15) is 0 Å². The van der Waals surface area contributed by atoms with Gasteiger partial charge in [0.25, 0.3) is 0 Å². The van der Waals surface area contributed by atoms with Gasteiger partial charge in [0.1, 0.15) is 5.75 Å². The first-order valence-electron chi connectivity index (χ1n) is 8.50. The fourth-order valence-corrected chi connectivity index (χ4v) is 3.92. The zero-order chi connectivity index (χ0) is 16.5. The third-order valence-electron chi connectivity index (χ3n) is 3.94. The summed E-state index contributed by atoms with van der Waals surface area (Å²) in [6.45, 7) is 6.86. The molecule has 1 aliphatic rings. The van der Waals surface area contributed by atoms with Crippen molar-refractivity contribution in [3.63, 3.8) is 0 Å². The molecule has 1 aliphatic heterocycles. The van der Waals surface area contributed by atoms with Crippen molar-refractivity contribution in [2.24, 2.45) is 4.99 Å². The Bertz CT molecular complexity index is 519. The van der Waals surface area contributed by atoms with Crippen LogP contribution in [-0.4, -0.2) is 43.7 Å². The molecule has 0 bridgehead atoms. The van der Waals surface area contributed by atoms with Gasteiger partial charge in [-0.05, 0) is 50.5 Å². The molecule has 1 aromatic rings. The second-order valence-corrected chi connectivity index (χ2v) is 7.25. The van der Waals surface area contributed by atoms with Gasteiger partial charge in [0.15, 0.2) is 5.96 Å². The van der Waals surface area contributed by atoms with E-state index in [2.05, 4.69) is 48.4 Å². The second kappa shape index (κ2) is 11.8. The number of rotatable bonds is 7. The third kappa shape index (κ3) is 7.09. The highest BCUT2D eigenvalue weighted by atomic mass is 127. The predicted molar refractivity (Wildman–Crippen MR) is 116 cm³/mol. The Morgan fingerprint density at radius 2 is 2.21 bits per heavy atom. The molecule has 0 spiro atoms. The number of hydrogen-bond acceptors (Lipinski definition) is 3. The summed E-state index contributed by atoms with van der Waals surface area (Å²) in [6.07, 6.45) is 3.56. The molecule has 1 fully saturated rings. The van der Waals surface area contributed by atoms with Crippen molar-refractivity contribution < 1.29 is 4.74 Å². The SMILES string of the molecule is CCNC(=NCC1CCCS1)NCCc1cc(C)ccc1OC.I. The average molecular weight is 463 g/mol. The van der Waals surface area contributed by atoms with Gasteiger partial charge >= 0.3 is 0 Å². The van der Waals surface area contributed by atoms with Crippen LogP contribution < -0.4 is 15.4 Å². The van der Waals surface area contributed by atoms with Crippen LogP contribution in [0, 0.1) is 6.92 Å². The number of nitrogens with zero attached hydrogens (tertiary/aromatic N) is 1. The van der Waals surface area contributed by atoms with Gasteiger partial charge in [-0.1, -0.05) is 17.7 Å². The summed E-state index contributed by atoms with van der Waals surface area (Å²) < 4.78 is 5.44. The first kappa shape index (κ1) is 21.4. The van der Waals surface area contributed by atoms with Crippen LogP contribution in [0.25, 0.3) is 0 Å². The smallest absolute Gasteiger partial charge is 0.191 e. The number of nitrogens with one attached hydrogen (secondary N) is 2. The van der Waals surface area contributed by atoms with Crippen LogP contribution in [0.3, 0.4) is 0 Å². The highest BCUT2D eigenvalue weighted by Crippen LogP contribution is 2.26. The maximum atomic E-state index is 5.44. The topological polar surface area (TPSA) is 45.7 Å². The molecule has 6 heteroatoms. The zero-order valence-corrected chi connectivity index (χ0v) is 18.1. The summed E-state index contributed by atoms with van der Waals surface area (Å²) in [5, 5.41) is 7.47. The van der Waals surface area contributed by atoms with Crippen molar-refractivity contribution in [3.05, 3.63) is 29.3 Å². The van der Waals surface area contributed by atoms with E-state index in [1.807, 2.05) is 6.07 Å². The molecule has 0 radical (unpaired) electrons. The lowest BCUT2D eigenvalue weighted by Gasteiger charge is -2.14. The molecule has 2 rings (SSSR count). The summed E-state index contributed by atoms with van der Waals surface area (Å²) in [7, 11) is 1.73. The van der Waals surface area contributed by atoms with E-state index in [-0.39, 0.29) is 24.0 Å². The molecule has 1 heterocycles. The standard InChI is InChI=1S/C18H29N3OS.HI/c1-4-19-18(21-13-16-6-5-11-23-16)20-10-9-15-12-14(2)7-8-17(15)22-3;/h7-8,12,16H,4-6,9-11,13H2,1-3H3,(H2,19,20,21);1H. The summed E-state index contributed by atoms with van der Waals surface area (Å²) in [5.41, 5.74) is 2.50. The minimum Gasteiger partial charge on any atom is -0.496 e. The Kier molecular flexibility index (Phi) is 10.6. The van der Waals surface area contributed by atoms with Crippen LogP contribution in [-0.2, 0) is 6.42 Å². The lowest BCUT2D eigenvalue weighted by atomic mass is 10.1. The molecule has 0 aliphatic carbocycles. The number of guanidine groups is 1. The number of methoxy groups -OCH3 is 1. The van der Waals surface area contributed by atoms with Gasteiger partial charge in [0.2, 0.25) is 0 Å². The number of thioether (sulfide) groups is 1. The molecule has 136 valence electrons. The van der Waals surface area contributed by atoms with Crippen LogP contribution in [0.4, 0.5) is 0 Å². The first-order valence-corrected chi connectivity index (χ1v) is 9.55. The maximum absolute atomic E-state index is 5.44. The first-order chi connectivity index (χ1) is 11.2. The summed E-state index contributed by atoms with van der Waals surface area (Å²) in [4.78, 5) is 4.73. The Balaban J connectivity index is 0.00000288. The molecule has 2 N–H and O–H groups in total. The van der Waals surface area contributed by atoms with Gasteiger partial charge < -0.3 is 15.4 Å². The molecule has 0 aromatic heterocycles. The Hall–Kier alpha value is -0.630. The van der Waals surface area contributed by atoms with Crippen LogP contribution in [0.2, 0.25) is 0 Å². The van der Waals surface area contributed by atoms with Crippen LogP contribution in [0.5, 0.6) is 5.75 Å². The molecule has 24 heavy (non-hydrogen) atoms. The molecule has 4 nitrogen and oxygen atoms in total. The lowest BCUT2D eigenvalue weighted by molar-refractivity contribution is 0.409. The van der Waals surface area contributed by atoms with E-state index >= 15 is 0 Å². The molecule has 0 amide bonds. The Labute approximate surface area is 167 Å². The number of benzene rings is 1. The summed E-state index contributed by atoms with van der Waals surface area (Å²) >= 11 is 2.05. The fraction of sp³-hybridized carbons (Fsp3) is 0.611. The molecule has 1 aromatic carbocycles. The largest absolute Gasteiger partial charge is 0.496 e. The maximum Gasteiger partial charge on any atom is 0.191 e. The van der Waals surface area contributed by atoms with Crippen molar-refractivity contribution in [2.45, 2.75) is 38.4 Å². The van der Waals surface area contributed by atoms with Gasteiger partial charge in [-0.15, -0.1) is 24.0 Å². The highest BCUT2D eigenvalue weighted by molar-refractivity contribution is 14.0. The quantitative estimate of drug-likeness (QED) is 0.369. The van der Waals surface area contributed by atoms with E-state index in [0.29, 0.717) is 5.25 Å². The number of hydrogen-bond donors (Lipinski definition) is 2. The van der Waals surface area contributed by atoms with E-state index < -0.39 is 0 Å². The van der Waals surface area contributed by atoms with Gasteiger partial charge in [0.05, 0.1) is 13.7 Å². The summed E-state index contributed by atoms with van der Waals surface area (Å²) in [6, 6.07) is 6.32. The number of halogens is 1. The number of aliphatic imine (C=N–C) groups is 1. The minimum absolute atomic E-state index is 0. The molecule has 1 atom stereocenters. The minimum atomic E-state index is 0. The lowest BCUT2D eigenvalue weighted by Crippen LogP contribution is -2.38. The van der Waals surface area contributed by atoms with Crippen molar-refractivity contribution in [1.29, 1.82) is 0 Å². The van der Waals surface area contributed by atoms with E-state index in [4.69, 9.17) is 9.73 Å². The van der Waals surface area contributed by atoms with Gasteiger partial charge in [-0.25, -0.2) is 0 Å². The van der Waals surface area contributed by atoms with Gasteiger partial charge in [0, 0.05) is 18.3 Å². The average Bonchev–Trinajstić information content (AvgIpc) is 3.06. The van der Waals surface area contributed by atoms with Crippen LogP contribution in [0.1, 0.15) is 30.9 Å². The van der Waals surface area contributed by atoms with E-state index in [0.717, 1.165) is 37.8 Å². The molecular weight excluding hydrogens is 433 g/mol. The van der Waals surface area contributed by atoms with E-state index in [1.165, 1.54) is 29.7 Å². The Morgan fingerprint density at radius 3 is 2.88 bits per heavy atom. The van der Waals surface area contributed by atoms with Crippen LogP contribution >= 0.6 is 35.7 Å². The van der Waals surface area contributed by atoms with Crippen LogP contribution in [0.15, 0.2) is 23.2 Å². The number of aryl methyl sites for hydroxylation is 1. The predicted octanol–water partition coefficient (Wildman–Crippen LogP) is 3.61. The third-order valence-corrected chi connectivity index (χ3v) is 5.32. The number of ether oxygens (including phenoxy) is 1. The van der Waals surface area contributed by atoms with Crippen molar-refractivity contribution >= 4 is 41.7 Å². The summed E-state index contributed by atoms with van der Waals surface area (Å²) in [5.74, 6) is 3.17. The molecule has 1 saturated heterocycles. The fourth-order valence-electron chi connectivity index (χ4n) is 2.74. The zero-order valence-electron chi connectivity index (χ0n) is 14.9. The van der Waals surface area contributed by atoms with E-state index in [1.54, 1.807) is 7.11 Å². The van der Waals surface area contributed by atoms with Gasteiger partial charge in [-0.3, -0.25) is 4.99 Å². The normalized spacial score (nSPS) is 17.3. The molecule has 0 saturated carbocycles. The molecular formula is C18H30IN3OS. The van der Waals surface area contributed by atoms with Crippen molar-refractivity contribution in [3.8, 4) is 5.75 Å². The molecule has 1 unspecified atom stereocenters. The van der Waals surface area contributed by atoms with Gasteiger partial charge in [-0.2, -0.15) is 11.8 Å². The van der Waals surface area contributed by atoms with Crippen molar-refractivity contribution in [2.75, 3.05) is 32.5 Å². The highest BCUT2D eigenvalue weighted by Gasteiger charge is 2.15. The Morgan fingerprint density at radius 1 is 1.38 bits per heavy atom. The van der Waals surface area contributed by atoms with Crippen molar-refractivity contribution in [1.82, 2.24) is 10.6 Å².